The number of urea groups is 1. The van der Waals surface area contributed by atoms with E-state index in [9.17, 15) is 14.4 Å². The van der Waals surface area contributed by atoms with Crippen LogP contribution in [-0.2, 0) is 22.8 Å². The van der Waals surface area contributed by atoms with Crippen LogP contribution in [0.2, 0.25) is 5.02 Å². The number of hydrogen-bond donors (Lipinski definition) is 1. The lowest BCUT2D eigenvalue weighted by molar-refractivity contribution is -0.122. The summed E-state index contributed by atoms with van der Waals surface area (Å²) in [5, 5.41) is 2.58. The highest BCUT2D eigenvalue weighted by molar-refractivity contribution is 6.39. The molecule has 4 amide bonds. The number of nitrogens with zero attached hydrogens (tertiary/aromatic N) is 1. The molecule has 0 radical (unpaired) electrons. The van der Waals surface area contributed by atoms with Crippen LogP contribution in [0.4, 0.5) is 10.5 Å². The number of anilines is 1. The number of rotatable bonds is 11. The second-order valence-electron chi connectivity index (χ2n) is 10.1. The van der Waals surface area contributed by atoms with Crippen molar-refractivity contribution in [3.63, 3.8) is 0 Å². The minimum absolute atomic E-state index is 0.215. The van der Waals surface area contributed by atoms with E-state index < -0.39 is 17.8 Å². The number of barbiturate groups is 1. The molecule has 1 saturated heterocycles. The van der Waals surface area contributed by atoms with Crippen molar-refractivity contribution < 1.29 is 33.3 Å². The molecule has 0 saturated carbocycles. The lowest BCUT2D eigenvalue weighted by Crippen LogP contribution is -2.54. The minimum Gasteiger partial charge on any atom is -0.493 e. The summed E-state index contributed by atoms with van der Waals surface area (Å²) in [5.41, 5.74) is 3.10. The van der Waals surface area contributed by atoms with Crippen molar-refractivity contribution in [3.05, 3.63) is 118 Å². The Kier molecular flexibility index (Phi) is 9.70. The largest absolute Gasteiger partial charge is 0.493 e. The van der Waals surface area contributed by atoms with Crippen molar-refractivity contribution in [1.82, 2.24) is 5.32 Å². The maximum absolute atomic E-state index is 13.4. The average Bonchev–Trinajstić information content (AvgIpc) is 3.04. The molecule has 1 N–H and O–H groups in total. The maximum Gasteiger partial charge on any atom is 0.335 e. The van der Waals surface area contributed by atoms with Crippen LogP contribution < -0.4 is 29.2 Å². The van der Waals surface area contributed by atoms with Crippen molar-refractivity contribution in [1.29, 1.82) is 0 Å². The highest BCUT2D eigenvalue weighted by Gasteiger charge is 2.37. The monoisotopic (exact) mass is 626 g/mol. The number of hydrogen-bond acceptors (Lipinski definition) is 7. The Morgan fingerprint density at radius 1 is 0.778 bits per heavy atom. The summed E-state index contributed by atoms with van der Waals surface area (Å²) in [7, 11) is 1.49. The first-order valence-electron chi connectivity index (χ1n) is 14.2. The second kappa shape index (κ2) is 14.0. The molecule has 0 aliphatic carbocycles. The van der Waals surface area contributed by atoms with Gasteiger partial charge < -0.3 is 18.9 Å². The fourth-order valence-electron chi connectivity index (χ4n) is 4.69. The Bertz CT molecular complexity index is 1770. The number of imide groups is 2. The number of benzene rings is 4. The first kappa shape index (κ1) is 31.2. The van der Waals surface area contributed by atoms with Gasteiger partial charge in [-0.2, -0.15) is 0 Å². The molecule has 4 aromatic carbocycles. The third kappa shape index (κ3) is 7.27. The summed E-state index contributed by atoms with van der Waals surface area (Å²) in [6.07, 6.45) is 1.39. The van der Waals surface area contributed by atoms with Gasteiger partial charge in [0, 0.05) is 5.02 Å². The molecule has 230 valence electrons. The first-order chi connectivity index (χ1) is 21.8. The highest BCUT2D eigenvalue weighted by Crippen LogP contribution is 2.33. The summed E-state index contributed by atoms with van der Waals surface area (Å²) in [6, 6.07) is 24.5. The van der Waals surface area contributed by atoms with Gasteiger partial charge in [-0.25, -0.2) is 9.69 Å². The molecule has 0 atom stereocenters. The normalized spacial score (nSPS) is 13.9. The molecule has 0 spiro atoms. The van der Waals surface area contributed by atoms with E-state index in [1.54, 1.807) is 37.3 Å². The molecule has 0 bridgehead atoms. The Labute approximate surface area is 265 Å². The van der Waals surface area contributed by atoms with Crippen molar-refractivity contribution in [2.45, 2.75) is 27.1 Å². The second-order valence-corrected chi connectivity index (χ2v) is 10.5. The van der Waals surface area contributed by atoms with Crippen LogP contribution in [0.15, 0.2) is 90.5 Å². The molecule has 5 rings (SSSR count). The van der Waals surface area contributed by atoms with E-state index in [0.29, 0.717) is 52.4 Å². The number of nitrogens with one attached hydrogen (secondary N) is 1. The van der Waals surface area contributed by atoms with Crippen LogP contribution in [0.5, 0.6) is 23.0 Å². The number of methoxy groups -OCH3 is 1. The molecular weight excluding hydrogens is 596 g/mol. The van der Waals surface area contributed by atoms with E-state index in [4.69, 9.17) is 30.5 Å². The molecule has 45 heavy (non-hydrogen) atoms. The van der Waals surface area contributed by atoms with Gasteiger partial charge >= 0.3 is 6.03 Å². The topological polar surface area (TPSA) is 103 Å². The molecule has 0 unspecified atom stereocenters. The van der Waals surface area contributed by atoms with Crippen LogP contribution in [0.3, 0.4) is 0 Å². The lowest BCUT2D eigenvalue weighted by Gasteiger charge is -2.27. The van der Waals surface area contributed by atoms with Gasteiger partial charge in [-0.05, 0) is 78.6 Å². The summed E-state index contributed by atoms with van der Waals surface area (Å²) in [4.78, 5) is 39.6. The molecule has 10 heteroatoms. The zero-order valence-electron chi connectivity index (χ0n) is 25.0. The van der Waals surface area contributed by atoms with Gasteiger partial charge in [0.15, 0.2) is 23.0 Å². The lowest BCUT2D eigenvalue weighted by atomic mass is 10.1. The molecule has 9 nitrogen and oxygen atoms in total. The summed E-state index contributed by atoms with van der Waals surface area (Å²) in [6.45, 7) is 4.75. The fraction of sp³-hybridized carbons (Fsp3) is 0.171. The molecular formula is C35H31ClN2O7. The van der Waals surface area contributed by atoms with E-state index in [2.05, 4.69) is 5.32 Å². The van der Waals surface area contributed by atoms with E-state index in [0.717, 1.165) is 16.0 Å². The zero-order valence-corrected chi connectivity index (χ0v) is 25.7. The first-order valence-corrected chi connectivity index (χ1v) is 14.6. The third-order valence-corrected chi connectivity index (χ3v) is 7.19. The zero-order chi connectivity index (χ0) is 31.9. The smallest absolute Gasteiger partial charge is 0.335 e. The minimum atomic E-state index is -0.850. The Morgan fingerprint density at radius 2 is 1.49 bits per heavy atom. The Hall–Kier alpha value is -5.28. The number of ether oxygens (including phenoxy) is 4. The van der Waals surface area contributed by atoms with E-state index in [-0.39, 0.29) is 17.9 Å². The van der Waals surface area contributed by atoms with Gasteiger partial charge in [0.25, 0.3) is 11.8 Å². The van der Waals surface area contributed by atoms with E-state index >= 15 is 0 Å². The predicted octanol–water partition coefficient (Wildman–Crippen LogP) is 6.88. The standard InChI is InChI=1S/C35H31ClN2O7/c1-4-43-32-18-25(12-15-30(32)44-20-23-8-6-5-7-9-23)21-45-29-14-11-24(17-31(29)42-3)16-27-33(39)37-35(41)38(34(27)40)28-19-26(36)13-10-22(28)2/h5-19H,4,20-21H2,1-3H3,(H,37,39,41)/b27-16+. The van der Waals surface area contributed by atoms with Gasteiger partial charge in [0.05, 0.1) is 19.4 Å². The highest BCUT2D eigenvalue weighted by atomic mass is 35.5. The SMILES string of the molecule is CCOc1cc(COc2ccc(/C=C3\C(=O)NC(=O)N(c4cc(Cl)ccc4C)C3=O)cc2OC)ccc1OCc1ccccc1. The number of halogens is 1. The average molecular weight is 627 g/mol. The molecule has 1 aliphatic heterocycles. The predicted molar refractivity (Wildman–Crippen MR) is 171 cm³/mol. The van der Waals surface area contributed by atoms with Crippen LogP contribution >= 0.6 is 11.6 Å². The Balaban J connectivity index is 1.32. The summed E-state index contributed by atoms with van der Waals surface area (Å²) in [5.74, 6) is 0.509. The number of amides is 4. The summed E-state index contributed by atoms with van der Waals surface area (Å²) < 4.78 is 23.4. The number of carbonyl (C=O) groups excluding carboxylic acids is 3. The molecule has 4 aromatic rings. The fourth-order valence-corrected chi connectivity index (χ4v) is 4.85. The van der Waals surface area contributed by atoms with Crippen LogP contribution in [0, 0.1) is 6.92 Å². The molecule has 1 heterocycles. The van der Waals surface area contributed by atoms with Crippen LogP contribution in [0.25, 0.3) is 6.08 Å². The molecule has 1 fully saturated rings. The van der Waals surface area contributed by atoms with Crippen LogP contribution in [-0.4, -0.2) is 31.6 Å². The van der Waals surface area contributed by atoms with Crippen molar-refractivity contribution >= 4 is 41.2 Å². The van der Waals surface area contributed by atoms with Gasteiger partial charge in [-0.3, -0.25) is 14.9 Å². The van der Waals surface area contributed by atoms with Crippen molar-refractivity contribution in [2.24, 2.45) is 0 Å². The molecule has 1 aliphatic rings. The van der Waals surface area contributed by atoms with Crippen molar-refractivity contribution in [3.8, 4) is 23.0 Å². The van der Waals surface area contributed by atoms with E-state index in [1.807, 2.05) is 55.5 Å². The third-order valence-electron chi connectivity index (χ3n) is 6.95. The molecule has 0 aromatic heterocycles. The van der Waals surface area contributed by atoms with Gasteiger partial charge in [0.1, 0.15) is 18.8 Å². The quantitative estimate of drug-likeness (QED) is 0.143. The maximum atomic E-state index is 13.4. The van der Waals surface area contributed by atoms with Gasteiger partial charge in [0.2, 0.25) is 0 Å². The Morgan fingerprint density at radius 3 is 2.22 bits per heavy atom. The summed E-state index contributed by atoms with van der Waals surface area (Å²) >= 11 is 6.11. The van der Waals surface area contributed by atoms with Crippen LogP contribution in [0.1, 0.15) is 29.2 Å². The van der Waals surface area contributed by atoms with Crippen molar-refractivity contribution in [2.75, 3.05) is 18.6 Å². The number of carbonyl (C=O) groups is 3. The van der Waals surface area contributed by atoms with Gasteiger partial charge in [-0.15, -0.1) is 0 Å². The van der Waals surface area contributed by atoms with Gasteiger partial charge in [-0.1, -0.05) is 60.1 Å². The van der Waals surface area contributed by atoms with E-state index in [1.165, 1.54) is 19.3 Å². The number of aryl methyl sites for hydroxylation is 1.